The molecule has 2 aromatic carbocycles. The zero-order valence-electron chi connectivity index (χ0n) is 19.2. The van der Waals surface area contributed by atoms with E-state index in [1.807, 2.05) is 24.3 Å². The standard InChI is InChI=1S/C25H27BrF3N3O3/c1-32(15-17-13-30-14-17)22(33)21(12-16-2-6-19(26)7-3-16)31-23(34)24(10-11-24)18-4-8-20(9-5-18)35-25(27,28)29/h2-9,17,21,30H,10-15H2,1H3,(H,31,34)/t21-/m0/s1. The Kier molecular flexibility index (Phi) is 7.42. The molecule has 188 valence electrons. The second-order valence-corrected chi connectivity index (χ2v) is 10.2. The normalized spacial score (nSPS) is 17.7. The van der Waals surface area contributed by atoms with Crippen LogP contribution in [0.5, 0.6) is 5.75 Å². The summed E-state index contributed by atoms with van der Waals surface area (Å²) in [6.45, 7) is 2.32. The van der Waals surface area contributed by atoms with E-state index < -0.39 is 17.8 Å². The number of alkyl halides is 3. The molecule has 10 heteroatoms. The maximum atomic E-state index is 13.4. The van der Waals surface area contributed by atoms with Crippen molar-refractivity contribution in [3.63, 3.8) is 0 Å². The highest BCUT2D eigenvalue weighted by Crippen LogP contribution is 2.49. The summed E-state index contributed by atoms with van der Waals surface area (Å²) >= 11 is 3.40. The lowest BCUT2D eigenvalue weighted by molar-refractivity contribution is -0.274. The molecule has 4 rings (SSSR count). The Hall–Kier alpha value is -2.59. The molecule has 1 aliphatic heterocycles. The summed E-state index contributed by atoms with van der Waals surface area (Å²) in [4.78, 5) is 28.4. The highest BCUT2D eigenvalue weighted by molar-refractivity contribution is 9.10. The summed E-state index contributed by atoms with van der Waals surface area (Å²) in [6.07, 6.45) is -3.33. The van der Waals surface area contributed by atoms with E-state index in [-0.39, 0.29) is 17.6 Å². The first-order valence-electron chi connectivity index (χ1n) is 11.4. The molecule has 2 aromatic rings. The van der Waals surface area contributed by atoms with E-state index >= 15 is 0 Å². The number of likely N-dealkylation sites (N-methyl/N-ethyl adjacent to an activating group) is 1. The number of rotatable bonds is 9. The van der Waals surface area contributed by atoms with E-state index in [2.05, 4.69) is 31.3 Å². The highest BCUT2D eigenvalue weighted by atomic mass is 79.9. The summed E-state index contributed by atoms with van der Waals surface area (Å²) in [5.74, 6) is -0.415. The zero-order chi connectivity index (χ0) is 25.2. The number of nitrogens with zero attached hydrogens (tertiary/aromatic N) is 1. The molecule has 1 aliphatic carbocycles. The first-order chi connectivity index (χ1) is 16.6. The number of carbonyl (C=O) groups excluding carboxylic acids is 2. The Balaban J connectivity index is 1.49. The van der Waals surface area contributed by atoms with Gasteiger partial charge in [-0.2, -0.15) is 0 Å². The minimum atomic E-state index is -4.78. The molecule has 35 heavy (non-hydrogen) atoms. The fraction of sp³-hybridized carbons (Fsp3) is 0.440. The van der Waals surface area contributed by atoms with E-state index in [1.165, 1.54) is 24.3 Å². The van der Waals surface area contributed by atoms with Crippen molar-refractivity contribution < 1.29 is 27.5 Å². The number of ether oxygens (including phenoxy) is 1. The quantitative estimate of drug-likeness (QED) is 0.495. The summed E-state index contributed by atoms with van der Waals surface area (Å²) in [5.41, 5.74) is 0.656. The van der Waals surface area contributed by atoms with E-state index in [4.69, 9.17) is 0 Å². The maximum Gasteiger partial charge on any atom is 0.573 e. The Bertz CT molecular complexity index is 1050. The van der Waals surface area contributed by atoms with Crippen molar-refractivity contribution in [3.8, 4) is 5.75 Å². The van der Waals surface area contributed by atoms with Gasteiger partial charge in [-0.1, -0.05) is 40.2 Å². The smallest absolute Gasteiger partial charge is 0.406 e. The largest absolute Gasteiger partial charge is 0.573 e. The van der Waals surface area contributed by atoms with Crippen LogP contribution in [0, 0.1) is 5.92 Å². The molecule has 6 nitrogen and oxygen atoms in total. The predicted molar refractivity (Wildman–Crippen MR) is 128 cm³/mol. The van der Waals surface area contributed by atoms with Crippen LogP contribution in [0.25, 0.3) is 0 Å². The van der Waals surface area contributed by atoms with Crippen LogP contribution in [0.1, 0.15) is 24.0 Å². The molecular formula is C25H27BrF3N3O3. The second kappa shape index (κ2) is 10.2. The number of halogens is 4. The number of hydrogen-bond acceptors (Lipinski definition) is 4. The molecule has 1 saturated heterocycles. The lowest BCUT2D eigenvalue weighted by Gasteiger charge is -2.33. The monoisotopic (exact) mass is 553 g/mol. The number of carbonyl (C=O) groups is 2. The molecule has 1 atom stereocenters. The highest BCUT2D eigenvalue weighted by Gasteiger charge is 2.52. The second-order valence-electron chi connectivity index (χ2n) is 9.25. The Morgan fingerprint density at radius 3 is 2.29 bits per heavy atom. The van der Waals surface area contributed by atoms with Gasteiger partial charge < -0.3 is 20.3 Å². The van der Waals surface area contributed by atoms with E-state index in [0.717, 1.165) is 23.1 Å². The first-order valence-corrected chi connectivity index (χ1v) is 12.2. The van der Waals surface area contributed by atoms with E-state index in [0.29, 0.717) is 37.3 Å². The fourth-order valence-corrected chi connectivity index (χ4v) is 4.59. The molecule has 2 aliphatic rings. The van der Waals surface area contributed by atoms with Crippen LogP contribution in [-0.4, -0.2) is 55.8 Å². The van der Waals surface area contributed by atoms with Gasteiger partial charge in [-0.25, -0.2) is 0 Å². The van der Waals surface area contributed by atoms with Gasteiger partial charge in [-0.15, -0.1) is 13.2 Å². The van der Waals surface area contributed by atoms with Gasteiger partial charge in [0.2, 0.25) is 11.8 Å². The summed E-state index contributed by atoms with van der Waals surface area (Å²) in [6, 6.07) is 12.2. The average molecular weight is 554 g/mol. The van der Waals surface area contributed by atoms with E-state index in [1.54, 1.807) is 11.9 Å². The van der Waals surface area contributed by atoms with Gasteiger partial charge in [0.1, 0.15) is 11.8 Å². The molecule has 0 unspecified atom stereocenters. The van der Waals surface area contributed by atoms with Crippen molar-refractivity contribution >= 4 is 27.7 Å². The molecule has 2 N–H and O–H groups in total. The van der Waals surface area contributed by atoms with Crippen LogP contribution in [0.4, 0.5) is 13.2 Å². The molecule has 1 saturated carbocycles. The van der Waals surface area contributed by atoms with Gasteiger partial charge in [0.25, 0.3) is 0 Å². The van der Waals surface area contributed by atoms with Gasteiger partial charge in [-0.05, 0) is 48.2 Å². The molecule has 0 radical (unpaired) electrons. The number of nitrogens with one attached hydrogen (secondary N) is 2. The van der Waals surface area contributed by atoms with Crippen LogP contribution in [0.15, 0.2) is 53.0 Å². The first kappa shape index (κ1) is 25.5. The number of benzene rings is 2. The van der Waals surface area contributed by atoms with Crippen molar-refractivity contribution in [1.82, 2.24) is 15.5 Å². The van der Waals surface area contributed by atoms with Gasteiger partial charge in [-0.3, -0.25) is 9.59 Å². The molecule has 0 spiro atoms. The van der Waals surface area contributed by atoms with Crippen molar-refractivity contribution in [2.24, 2.45) is 5.92 Å². The van der Waals surface area contributed by atoms with E-state index in [9.17, 15) is 22.8 Å². The molecule has 0 bridgehead atoms. The zero-order valence-corrected chi connectivity index (χ0v) is 20.8. The number of amides is 2. The minimum Gasteiger partial charge on any atom is -0.406 e. The Morgan fingerprint density at radius 2 is 1.77 bits per heavy atom. The van der Waals surface area contributed by atoms with Crippen LogP contribution in [0.2, 0.25) is 0 Å². The SMILES string of the molecule is CN(CC1CNC1)C(=O)[C@H](Cc1ccc(Br)cc1)NC(=O)C1(c2ccc(OC(F)(F)F)cc2)CC1. The summed E-state index contributed by atoms with van der Waals surface area (Å²) < 4.78 is 42.3. The van der Waals surface area contributed by atoms with Gasteiger partial charge >= 0.3 is 6.36 Å². The van der Waals surface area contributed by atoms with Crippen molar-refractivity contribution in [3.05, 3.63) is 64.1 Å². The van der Waals surface area contributed by atoms with Crippen molar-refractivity contribution in [2.45, 2.75) is 37.1 Å². The molecule has 0 aromatic heterocycles. The van der Waals surface area contributed by atoms with Gasteiger partial charge in [0.15, 0.2) is 0 Å². The lowest BCUT2D eigenvalue weighted by atomic mass is 9.93. The van der Waals surface area contributed by atoms with Crippen LogP contribution in [-0.2, 0) is 21.4 Å². The lowest BCUT2D eigenvalue weighted by Crippen LogP contribution is -2.54. The Morgan fingerprint density at radius 1 is 1.14 bits per heavy atom. The Labute approximate surface area is 210 Å². The van der Waals surface area contributed by atoms with Crippen molar-refractivity contribution in [1.29, 1.82) is 0 Å². The molecule has 2 fully saturated rings. The molecular weight excluding hydrogens is 527 g/mol. The maximum absolute atomic E-state index is 13.4. The molecule has 2 amide bonds. The van der Waals surface area contributed by atoms with Gasteiger partial charge in [0.05, 0.1) is 5.41 Å². The fourth-order valence-electron chi connectivity index (χ4n) is 4.32. The van der Waals surface area contributed by atoms with Crippen LogP contribution in [0.3, 0.4) is 0 Å². The van der Waals surface area contributed by atoms with Crippen molar-refractivity contribution in [2.75, 3.05) is 26.7 Å². The third-order valence-electron chi connectivity index (χ3n) is 6.56. The van der Waals surface area contributed by atoms with Crippen LogP contribution < -0.4 is 15.4 Å². The minimum absolute atomic E-state index is 0.169. The summed E-state index contributed by atoms with van der Waals surface area (Å²) in [5, 5.41) is 6.15. The summed E-state index contributed by atoms with van der Waals surface area (Å²) in [7, 11) is 1.74. The van der Waals surface area contributed by atoms with Crippen LogP contribution >= 0.6 is 15.9 Å². The number of hydrogen-bond donors (Lipinski definition) is 2. The topological polar surface area (TPSA) is 70.7 Å². The van der Waals surface area contributed by atoms with Gasteiger partial charge in [0, 0.05) is 43.5 Å². The molecule has 1 heterocycles. The average Bonchev–Trinajstić information content (AvgIpc) is 3.58. The predicted octanol–water partition coefficient (Wildman–Crippen LogP) is 3.78. The third-order valence-corrected chi connectivity index (χ3v) is 7.08. The third kappa shape index (κ3) is 6.35.